The minimum atomic E-state index is -0.773. The van der Waals surface area contributed by atoms with E-state index in [1.807, 2.05) is 4.57 Å². The highest BCUT2D eigenvalue weighted by molar-refractivity contribution is 9.06. The Morgan fingerprint density at radius 1 is 1.42 bits per heavy atom. The summed E-state index contributed by atoms with van der Waals surface area (Å²) in [6.07, 6.45) is 3.46. The first-order valence-electron chi connectivity index (χ1n) is 5.79. The van der Waals surface area contributed by atoms with Gasteiger partial charge in [-0.15, -0.1) is 0 Å². The highest BCUT2D eigenvalue weighted by Gasteiger charge is 2.27. The molecule has 19 heavy (non-hydrogen) atoms. The zero-order valence-corrected chi connectivity index (χ0v) is 11.3. The van der Waals surface area contributed by atoms with E-state index >= 15 is 0 Å². The molecule has 0 amide bonds. The van der Waals surface area contributed by atoms with Gasteiger partial charge in [0.1, 0.15) is 11.4 Å². The van der Waals surface area contributed by atoms with Crippen molar-refractivity contribution in [3.05, 3.63) is 46.0 Å². The van der Waals surface area contributed by atoms with Crippen LogP contribution in [0.25, 0.3) is 10.9 Å². The molecule has 1 aliphatic rings. The molecule has 0 aliphatic heterocycles. The van der Waals surface area contributed by atoms with Gasteiger partial charge in [0.2, 0.25) is 5.43 Å². The van der Waals surface area contributed by atoms with Gasteiger partial charge >= 0.3 is 5.97 Å². The van der Waals surface area contributed by atoms with Crippen molar-refractivity contribution >= 4 is 33.1 Å². The lowest BCUT2D eigenvalue weighted by molar-refractivity contribution is 0.0780. The molecule has 1 aromatic heterocycles. The van der Waals surface area contributed by atoms with Crippen molar-refractivity contribution in [2.24, 2.45) is 0 Å². The van der Waals surface area contributed by atoms with Crippen LogP contribution < -0.4 is 5.43 Å². The Kier molecular flexibility index (Phi) is 2.89. The number of rotatable bonds is 2. The minimum absolute atomic E-state index is 0.0955. The molecule has 0 saturated heterocycles. The first kappa shape index (κ1) is 12.3. The van der Waals surface area contributed by atoms with Gasteiger partial charge in [-0.2, -0.15) is 0 Å². The summed E-state index contributed by atoms with van der Waals surface area (Å²) in [5.74, 6) is -1.28. The van der Waals surface area contributed by atoms with Crippen LogP contribution in [0.4, 0.5) is 4.39 Å². The number of fused-ring (bicyclic) bond motifs is 1. The summed E-state index contributed by atoms with van der Waals surface area (Å²) in [5, 5.41) is 0.197. The lowest BCUT2D eigenvalue weighted by atomic mass is 10.1. The van der Waals surface area contributed by atoms with Crippen LogP contribution in [0.1, 0.15) is 29.2 Å². The number of aromatic nitrogens is 1. The highest BCUT2D eigenvalue weighted by Crippen LogP contribution is 2.37. The number of pyridine rings is 1. The Morgan fingerprint density at radius 2 is 2.16 bits per heavy atom. The molecule has 1 heterocycles. The standard InChI is InChI=1S/C13H9BrFNO3/c14-19-13(18)10-6-16(8-2-3-8)11-4-1-7(15)5-9(11)12(10)17/h1,4-6,8H,2-3H2. The van der Waals surface area contributed by atoms with E-state index in [0.717, 1.165) is 18.9 Å². The third kappa shape index (κ3) is 2.06. The van der Waals surface area contributed by atoms with Gasteiger partial charge in [0, 0.05) is 17.6 Å². The van der Waals surface area contributed by atoms with Crippen LogP contribution in [-0.2, 0) is 3.83 Å². The topological polar surface area (TPSA) is 48.3 Å². The van der Waals surface area contributed by atoms with Gasteiger partial charge < -0.3 is 8.40 Å². The van der Waals surface area contributed by atoms with E-state index in [9.17, 15) is 14.0 Å². The Labute approximate surface area is 116 Å². The zero-order chi connectivity index (χ0) is 13.6. The van der Waals surface area contributed by atoms with Crippen molar-refractivity contribution in [2.75, 3.05) is 0 Å². The monoisotopic (exact) mass is 325 g/mol. The van der Waals surface area contributed by atoms with Crippen LogP contribution in [0.15, 0.2) is 29.2 Å². The summed E-state index contributed by atoms with van der Waals surface area (Å²) < 4.78 is 19.6. The molecule has 0 bridgehead atoms. The summed E-state index contributed by atoms with van der Waals surface area (Å²) in [6, 6.07) is 4.29. The lowest BCUT2D eigenvalue weighted by Crippen LogP contribution is -2.19. The summed E-state index contributed by atoms with van der Waals surface area (Å²) in [5.41, 5.74) is 0.0257. The van der Waals surface area contributed by atoms with Crippen molar-refractivity contribution in [2.45, 2.75) is 18.9 Å². The molecule has 1 aromatic carbocycles. The zero-order valence-electron chi connectivity index (χ0n) is 9.73. The number of nitrogens with zero attached hydrogens (tertiary/aromatic N) is 1. The molecule has 0 radical (unpaired) electrons. The number of carbonyl (C=O) groups excluding carboxylic acids is 1. The van der Waals surface area contributed by atoms with Gasteiger partial charge in [0.25, 0.3) is 0 Å². The van der Waals surface area contributed by atoms with Gasteiger partial charge in [-0.05, 0) is 31.0 Å². The molecule has 0 N–H and O–H groups in total. The Morgan fingerprint density at radius 3 is 2.79 bits per heavy atom. The first-order valence-corrected chi connectivity index (χ1v) is 6.44. The minimum Gasteiger partial charge on any atom is -0.380 e. The second-order valence-corrected chi connectivity index (χ2v) is 4.86. The van der Waals surface area contributed by atoms with Crippen LogP contribution in [0.5, 0.6) is 0 Å². The van der Waals surface area contributed by atoms with E-state index in [2.05, 4.69) is 20.1 Å². The molecule has 4 nitrogen and oxygen atoms in total. The SMILES string of the molecule is O=C(OBr)c1cn(C2CC2)c2ccc(F)cc2c1=O. The molecule has 0 atom stereocenters. The fourth-order valence-electron chi connectivity index (χ4n) is 2.17. The predicted octanol–water partition coefficient (Wildman–Crippen LogP) is 2.94. The lowest BCUT2D eigenvalue weighted by Gasteiger charge is -2.11. The second kappa shape index (κ2) is 4.45. The first-order chi connectivity index (χ1) is 9.11. The number of benzene rings is 1. The molecule has 1 fully saturated rings. The molecule has 98 valence electrons. The molecule has 1 saturated carbocycles. The number of hydrogen-bond acceptors (Lipinski definition) is 3. The Hall–Kier alpha value is -1.69. The Balaban J connectivity index is 2.37. The molecule has 3 rings (SSSR count). The summed E-state index contributed by atoms with van der Waals surface area (Å²) in [4.78, 5) is 23.8. The molecule has 0 unspecified atom stereocenters. The van der Waals surface area contributed by atoms with E-state index in [-0.39, 0.29) is 17.0 Å². The predicted molar refractivity (Wildman–Crippen MR) is 70.8 cm³/mol. The summed E-state index contributed by atoms with van der Waals surface area (Å²) in [7, 11) is 0. The summed E-state index contributed by atoms with van der Waals surface area (Å²) >= 11 is 2.57. The molecular weight excluding hydrogens is 317 g/mol. The molecule has 2 aromatic rings. The molecule has 1 aliphatic carbocycles. The quantitative estimate of drug-likeness (QED) is 0.852. The second-order valence-electron chi connectivity index (χ2n) is 4.54. The van der Waals surface area contributed by atoms with Crippen LogP contribution in [0, 0.1) is 5.82 Å². The van der Waals surface area contributed by atoms with E-state index in [0.29, 0.717) is 5.52 Å². The van der Waals surface area contributed by atoms with Gasteiger partial charge in [-0.3, -0.25) is 4.79 Å². The van der Waals surface area contributed by atoms with Crippen molar-refractivity contribution < 1.29 is 13.0 Å². The van der Waals surface area contributed by atoms with Crippen LogP contribution >= 0.6 is 16.3 Å². The van der Waals surface area contributed by atoms with Gasteiger partial charge in [-0.25, -0.2) is 9.18 Å². The maximum atomic E-state index is 13.3. The van der Waals surface area contributed by atoms with Crippen molar-refractivity contribution in [3.63, 3.8) is 0 Å². The van der Waals surface area contributed by atoms with Crippen molar-refractivity contribution in [3.8, 4) is 0 Å². The number of carbonyl (C=O) groups is 1. The molecule has 6 heteroatoms. The van der Waals surface area contributed by atoms with Crippen molar-refractivity contribution in [1.82, 2.24) is 4.57 Å². The van der Waals surface area contributed by atoms with E-state index in [4.69, 9.17) is 0 Å². The normalized spacial score (nSPS) is 14.6. The van der Waals surface area contributed by atoms with E-state index < -0.39 is 17.2 Å². The highest BCUT2D eigenvalue weighted by atomic mass is 79.9. The average molecular weight is 326 g/mol. The fraction of sp³-hybridized carbons (Fsp3) is 0.231. The largest absolute Gasteiger partial charge is 0.380 e. The third-order valence-electron chi connectivity index (χ3n) is 3.22. The van der Waals surface area contributed by atoms with Gasteiger partial charge in [-0.1, -0.05) is 0 Å². The van der Waals surface area contributed by atoms with Crippen LogP contribution in [0.3, 0.4) is 0 Å². The number of halogens is 2. The van der Waals surface area contributed by atoms with Crippen LogP contribution in [0.2, 0.25) is 0 Å². The van der Waals surface area contributed by atoms with Gasteiger partial charge in [0.05, 0.1) is 5.52 Å². The van der Waals surface area contributed by atoms with Gasteiger partial charge in [0.15, 0.2) is 16.3 Å². The molecule has 0 spiro atoms. The van der Waals surface area contributed by atoms with E-state index in [1.165, 1.54) is 12.3 Å². The Bertz CT molecular complexity index is 736. The fourth-order valence-corrected chi connectivity index (χ4v) is 2.34. The maximum Gasteiger partial charge on any atom is 0.355 e. The third-order valence-corrected chi connectivity index (χ3v) is 3.52. The smallest absolute Gasteiger partial charge is 0.355 e. The maximum absolute atomic E-state index is 13.3. The van der Waals surface area contributed by atoms with Crippen LogP contribution in [-0.4, -0.2) is 10.5 Å². The van der Waals surface area contributed by atoms with E-state index in [1.54, 1.807) is 6.07 Å². The van der Waals surface area contributed by atoms with Crippen molar-refractivity contribution in [1.29, 1.82) is 0 Å². The summed E-state index contributed by atoms with van der Waals surface area (Å²) in [6.45, 7) is 0. The average Bonchev–Trinajstić information content (AvgIpc) is 3.23. The molecular formula is C13H9BrFNO3. The number of hydrogen-bond donors (Lipinski definition) is 0.